The number of halogens is 8. The second-order valence-corrected chi connectivity index (χ2v) is 15.9. The van der Waals surface area contributed by atoms with Gasteiger partial charge in [-0.2, -0.15) is 26.3 Å². The van der Waals surface area contributed by atoms with Crippen LogP contribution in [0.5, 0.6) is 0 Å². The number of nitrogens with zero attached hydrogens (tertiary/aromatic N) is 1. The van der Waals surface area contributed by atoms with Crippen LogP contribution in [0.3, 0.4) is 0 Å². The van der Waals surface area contributed by atoms with Crippen molar-refractivity contribution in [1.82, 2.24) is 10.2 Å². The van der Waals surface area contributed by atoms with Gasteiger partial charge in [0.25, 0.3) is 0 Å². The first-order valence-electron chi connectivity index (χ1n) is 13.8. The molecule has 4 rings (SSSR count). The summed E-state index contributed by atoms with van der Waals surface area (Å²) in [5.41, 5.74) is -9.11. The van der Waals surface area contributed by atoms with E-state index in [2.05, 4.69) is 5.32 Å². The fourth-order valence-corrected chi connectivity index (χ4v) is 9.68. The molecular formula is C28H30F8N2O5S2. The van der Waals surface area contributed by atoms with E-state index in [1.54, 1.807) is 6.92 Å². The Kier molecular flexibility index (Phi) is 9.18. The van der Waals surface area contributed by atoms with Crippen LogP contribution in [0.15, 0.2) is 53.4 Å². The number of hydrogen-bond acceptors (Lipinski definition) is 6. The monoisotopic (exact) mass is 690 g/mol. The molecule has 2 aliphatic rings. The maximum absolute atomic E-state index is 14.7. The average molecular weight is 691 g/mol. The molecule has 0 spiro atoms. The number of amides is 1. The van der Waals surface area contributed by atoms with Gasteiger partial charge in [-0.05, 0) is 55.6 Å². The zero-order chi connectivity index (χ0) is 33.7. The highest BCUT2D eigenvalue weighted by atomic mass is 32.2. The molecule has 0 aromatic heterocycles. The Bertz CT molecular complexity index is 1600. The lowest BCUT2D eigenvalue weighted by Crippen LogP contribution is -2.53. The molecule has 1 amide bonds. The zero-order valence-corrected chi connectivity index (χ0v) is 25.4. The molecule has 17 heteroatoms. The highest BCUT2D eigenvalue weighted by molar-refractivity contribution is 7.92. The highest BCUT2D eigenvalue weighted by Crippen LogP contribution is 2.54. The zero-order valence-electron chi connectivity index (χ0n) is 23.8. The van der Waals surface area contributed by atoms with Crippen LogP contribution in [0.2, 0.25) is 0 Å². The fourth-order valence-electron chi connectivity index (χ4n) is 5.99. The first-order chi connectivity index (χ1) is 20.7. The largest absolute Gasteiger partial charge is 0.435 e. The molecule has 2 aliphatic heterocycles. The van der Waals surface area contributed by atoms with E-state index in [1.807, 2.05) is 0 Å². The van der Waals surface area contributed by atoms with Gasteiger partial charge in [-0.3, -0.25) is 4.79 Å². The van der Waals surface area contributed by atoms with Crippen LogP contribution in [-0.2, 0) is 34.9 Å². The molecule has 0 saturated carbocycles. The summed E-state index contributed by atoms with van der Waals surface area (Å²) in [6.07, 6.45) is -13.3. The van der Waals surface area contributed by atoms with Crippen molar-refractivity contribution in [3.05, 3.63) is 65.5 Å². The molecule has 1 N–H and O–H groups in total. The minimum atomic E-state index is -6.39. The Morgan fingerprint density at radius 1 is 0.889 bits per heavy atom. The number of sulfone groups is 2. The minimum absolute atomic E-state index is 0.0580. The predicted molar refractivity (Wildman–Crippen MR) is 147 cm³/mol. The van der Waals surface area contributed by atoms with E-state index in [0.717, 1.165) is 24.3 Å². The SMILES string of the molecule is CCNCC1(C(=O)N2CC[C@](c3ccc(C(F)(C(F)(F)F)C(F)(F)F)cc3)(S(=O)(=O)c3ccc(F)cc3)C2)CCS(=O)(=O)CC1. The van der Waals surface area contributed by atoms with Crippen molar-refractivity contribution < 1.29 is 56.8 Å². The molecule has 45 heavy (non-hydrogen) atoms. The molecule has 0 radical (unpaired) electrons. The molecule has 0 aliphatic carbocycles. The number of carbonyl (C=O) groups excluding carboxylic acids is 1. The van der Waals surface area contributed by atoms with Crippen LogP contribution in [0, 0.1) is 11.2 Å². The summed E-state index contributed by atoms with van der Waals surface area (Å²) < 4.78 is 159. The quantitative estimate of drug-likeness (QED) is 0.315. The van der Waals surface area contributed by atoms with Crippen LogP contribution in [0.25, 0.3) is 0 Å². The summed E-state index contributed by atoms with van der Waals surface area (Å²) in [4.78, 5) is 14.8. The van der Waals surface area contributed by atoms with Crippen molar-refractivity contribution in [2.75, 3.05) is 37.7 Å². The first-order valence-corrected chi connectivity index (χ1v) is 17.1. The lowest BCUT2D eigenvalue weighted by atomic mass is 9.80. The molecule has 2 aromatic carbocycles. The summed E-state index contributed by atoms with van der Waals surface area (Å²) in [6.45, 7) is 1.45. The summed E-state index contributed by atoms with van der Waals surface area (Å²) in [5, 5.41) is 3.03. The van der Waals surface area contributed by atoms with Gasteiger partial charge in [-0.25, -0.2) is 25.6 Å². The van der Waals surface area contributed by atoms with Gasteiger partial charge in [0, 0.05) is 25.2 Å². The van der Waals surface area contributed by atoms with Crippen molar-refractivity contribution >= 4 is 25.6 Å². The number of rotatable bonds is 8. The summed E-state index contributed by atoms with van der Waals surface area (Å²) in [5.74, 6) is -1.93. The van der Waals surface area contributed by atoms with E-state index in [-0.39, 0.29) is 61.6 Å². The Labute approximate surface area is 254 Å². The average Bonchev–Trinajstić information content (AvgIpc) is 3.43. The molecule has 250 valence electrons. The van der Waals surface area contributed by atoms with Gasteiger partial charge in [0.2, 0.25) is 5.91 Å². The molecule has 7 nitrogen and oxygen atoms in total. The van der Waals surface area contributed by atoms with Crippen molar-refractivity contribution in [3.63, 3.8) is 0 Å². The number of alkyl halides is 7. The van der Waals surface area contributed by atoms with Crippen molar-refractivity contribution in [2.24, 2.45) is 5.41 Å². The number of likely N-dealkylation sites (tertiary alicyclic amines) is 1. The van der Waals surface area contributed by atoms with Crippen LogP contribution in [0.4, 0.5) is 35.1 Å². The standard InChI is InChI=1S/C28H30F8N2O5S2/c1-2-37-17-24(12-15-44(40,41)16-13-24)23(39)38-14-11-25(18-38,45(42,43)22-9-7-21(29)8-10-22)19-3-5-20(6-4-19)26(30,27(31,32)33)28(34,35)36/h3-10,37H,2,11-18H2,1H3/t25-/m0/s1. The molecule has 2 fully saturated rings. The summed E-state index contributed by atoms with van der Waals surface area (Å²) in [6, 6.07) is 5.28. The van der Waals surface area contributed by atoms with Gasteiger partial charge in [-0.15, -0.1) is 0 Å². The van der Waals surface area contributed by atoms with Gasteiger partial charge in [0.15, 0.2) is 9.84 Å². The number of hydrogen-bond donors (Lipinski definition) is 1. The topological polar surface area (TPSA) is 101 Å². The first kappa shape index (κ1) is 35.1. The normalized spacial score (nSPS) is 22.4. The third kappa shape index (κ3) is 6.06. The van der Waals surface area contributed by atoms with Gasteiger partial charge in [0.05, 0.1) is 21.8 Å². The summed E-state index contributed by atoms with van der Waals surface area (Å²) >= 11 is 0. The van der Waals surface area contributed by atoms with Crippen LogP contribution in [-0.4, -0.2) is 77.7 Å². The van der Waals surface area contributed by atoms with Crippen LogP contribution in [0.1, 0.15) is 37.3 Å². The Morgan fingerprint density at radius 3 is 1.91 bits per heavy atom. The van der Waals surface area contributed by atoms with E-state index >= 15 is 0 Å². The molecule has 0 unspecified atom stereocenters. The number of carbonyl (C=O) groups is 1. The van der Waals surface area contributed by atoms with Crippen LogP contribution >= 0.6 is 0 Å². The van der Waals surface area contributed by atoms with Gasteiger partial charge in [0.1, 0.15) is 20.4 Å². The molecule has 2 heterocycles. The Morgan fingerprint density at radius 2 is 1.42 bits per heavy atom. The maximum atomic E-state index is 14.7. The van der Waals surface area contributed by atoms with Crippen LogP contribution < -0.4 is 5.32 Å². The van der Waals surface area contributed by atoms with Crippen molar-refractivity contribution in [2.45, 2.75) is 53.9 Å². The van der Waals surface area contributed by atoms with E-state index in [4.69, 9.17) is 0 Å². The maximum Gasteiger partial charge on any atom is 0.435 e. The second kappa shape index (κ2) is 11.8. The van der Waals surface area contributed by atoms with E-state index in [9.17, 15) is 56.8 Å². The Hall–Kier alpha value is -2.79. The molecule has 1 atom stereocenters. The lowest BCUT2D eigenvalue weighted by molar-refractivity contribution is -0.348. The Balaban J connectivity index is 1.82. The van der Waals surface area contributed by atoms with Gasteiger partial charge >= 0.3 is 18.0 Å². The van der Waals surface area contributed by atoms with Crippen molar-refractivity contribution in [1.29, 1.82) is 0 Å². The smallest absolute Gasteiger partial charge is 0.340 e. The second-order valence-electron chi connectivity index (χ2n) is 11.4. The minimum Gasteiger partial charge on any atom is -0.340 e. The molecule has 0 bridgehead atoms. The van der Waals surface area contributed by atoms with Gasteiger partial charge in [-0.1, -0.05) is 31.2 Å². The van der Waals surface area contributed by atoms with Crippen molar-refractivity contribution in [3.8, 4) is 0 Å². The van der Waals surface area contributed by atoms with E-state index in [0.29, 0.717) is 18.7 Å². The third-order valence-corrected chi connectivity index (χ3v) is 12.8. The van der Waals surface area contributed by atoms with E-state index < -0.39 is 76.6 Å². The lowest BCUT2D eigenvalue weighted by Gasteiger charge is -2.39. The summed E-state index contributed by atoms with van der Waals surface area (Å²) in [7, 11) is -8.06. The number of nitrogens with one attached hydrogen (secondary N) is 1. The predicted octanol–water partition coefficient (Wildman–Crippen LogP) is 4.82. The highest BCUT2D eigenvalue weighted by Gasteiger charge is 2.73. The number of benzene rings is 2. The molecular weight excluding hydrogens is 660 g/mol. The fraction of sp³-hybridized carbons (Fsp3) is 0.536. The molecule has 2 aromatic rings. The third-order valence-electron chi connectivity index (χ3n) is 8.70. The van der Waals surface area contributed by atoms with Gasteiger partial charge < -0.3 is 10.2 Å². The molecule has 2 saturated heterocycles. The van der Waals surface area contributed by atoms with E-state index in [1.165, 1.54) is 4.90 Å².